The highest BCUT2D eigenvalue weighted by Gasteiger charge is 2.28. The van der Waals surface area contributed by atoms with Crippen molar-refractivity contribution in [2.45, 2.75) is 24.4 Å². The van der Waals surface area contributed by atoms with Crippen LogP contribution >= 0.6 is 12.4 Å². The van der Waals surface area contributed by atoms with Crippen LogP contribution in [-0.2, 0) is 29.5 Å². The molecule has 0 amide bonds. The van der Waals surface area contributed by atoms with E-state index < -0.39 is 10.0 Å². The summed E-state index contributed by atoms with van der Waals surface area (Å²) >= 11 is 0. The number of fused-ring (bicyclic) bond motifs is 3. The van der Waals surface area contributed by atoms with Crippen LogP contribution in [0.4, 0.5) is 5.82 Å². The number of nitrogens with one attached hydrogen (secondary N) is 1. The van der Waals surface area contributed by atoms with Gasteiger partial charge in [0, 0.05) is 30.3 Å². The highest BCUT2D eigenvalue weighted by Crippen LogP contribution is 2.41. The molecule has 0 unspecified atom stereocenters. The summed E-state index contributed by atoms with van der Waals surface area (Å²) in [5.41, 5.74) is 8.97. The molecule has 0 saturated heterocycles. The zero-order valence-electron chi connectivity index (χ0n) is 17.6. The van der Waals surface area contributed by atoms with Crippen molar-refractivity contribution in [3.05, 3.63) is 59.4 Å². The molecule has 3 N–H and O–H groups in total. The zero-order chi connectivity index (χ0) is 22.3. The average Bonchev–Trinajstić information content (AvgIpc) is 3.53. The Labute approximate surface area is 196 Å². The van der Waals surface area contributed by atoms with Crippen LogP contribution in [-0.4, -0.2) is 37.1 Å². The molecule has 10 nitrogen and oxygen atoms in total. The van der Waals surface area contributed by atoms with Crippen molar-refractivity contribution in [1.29, 1.82) is 0 Å². The number of nitrogens with two attached hydrogens (primary N) is 1. The topological polar surface area (TPSA) is 134 Å². The van der Waals surface area contributed by atoms with Crippen molar-refractivity contribution in [3.63, 3.8) is 0 Å². The summed E-state index contributed by atoms with van der Waals surface area (Å²) in [6.07, 6.45) is 4.31. The minimum Gasteiger partial charge on any atom is -0.495 e. The summed E-state index contributed by atoms with van der Waals surface area (Å²) in [4.78, 5) is 0.00206. The molecule has 0 atom stereocenters. The standard InChI is InChI=1S/C21H21N5O5S.ClH/c1-29-16-4-2-3-5-18(16)32(27,28)25-21-19-17(31-24-21)8-14(15-6-7-30-20(15)19)12-26-11-13(9-22)10-23-26;/h2-5,8,10-11H,6-7,9,12,22H2,1H3,(H,24,25);1H. The smallest absolute Gasteiger partial charge is 0.266 e. The second-order valence-electron chi connectivity index (χ2n) is 7.35. The van der Waals surface area contributed by atoms with E-state index in [0.29, 0.717) is 42.8 Å². The number of para-hydroxylation sites is 1. The van der Waals surface area contributed by atoms with Crippen LogP contribution in [0, 0.1) is 0 Å². The van der Waals surface area contributed by atoms with E-state index in [1.54, 1.807) is 29.1 Å². The number of halogens is 1. The van der Waals surface area contributed by atoms with Crippen LogP contribution in [0.2, 0.25) is 0 Å². The van der Waals surface area contributed by atoms with Crippen molar-refractivity contribution in [1.82, 2.24) is 14.9 Å². The predicted molar refractivity (Wildman–Crippen MR) is 123 cm³/mol. The number of methoxy groups -OCH3 is 1. The molecular formula is C21H22ClN5O5S. The van der Waals surface area contributed by atoms with E-state index >= 15 is 0 Å². The van der Waals surface area contributed by atoms with E-state index in [4.69, 9.17) is 19.7 Å². The normalized spacial score (nSPS) is 12.8. The van der Waals surface area contributed by atoms with Gasteiger partial charge in [0.2, 0.25) is 0 Å². The van der Waals surface area contributed by atoms with Crippen LogP contribution in [0.1, 0.15) is 16.7 Å². The molecule has 0 fully saturated rings. The number of benzene rings is 2. The molecule has 0 radical (unpaired) electrons. The van der Waals surface area contributed by atoms with E-state index in [9.17, 15) is 8.42 Å². The quantitative estimate of drug-likeness (QED) is 0.403. The molecule has 2 aromatic heterocycles. The molecule has 0 bridgehead atoms. The number of ether oxygens (including phenoxy) is 2. The van der Waals surface area contributed by atoms with Crippen LogP contribution in [0.3, 0.4) is 0 Å². The first kappa shape index (κ1) is 22.9. The number of sulfonamides is 1. The largest absolute Gasteiger partial charge is 0.495 e. The van der Waals surface area contributed by atoms with E-state index in [0.717, 1.165) is 16.7 Å². The lowest BCUT2D eigenvalue weighted by Gasteiger charge is -2.11. The molecule has 4 aromatic rings. The van der Waals surface area contributed by atoms with Gasteiger partial charge in [0.15, 0.2) is 11.4 Å². The third-order valence-corrected chi connectivity index (χ3v) is 6.73. The van der Waals surface area contributed by atoms with Gasteiger partial charge in [-0.1, -0.05) is 17.3 Å². The summed E-state index contributed by atoms with van der Waals surface area (Å²) < 4.78 is 46.9. The van der Waals surface area contributed by atoms with Crippen LogP contribution in [0.15, 0.2) is 52.1 Å². The molecule has 5 rings (SSSR count). The maximum Gasteiger partial charge on any atom is 0.266 e. The van der Waals surface area contributed by atoms with Gasteiger partial charge in [-0.3, -0.25) is 9.40 Å². The monoisotopic (exact) mass is 491 g/mol. The Morgan fingerprint density at radius 1 is 1.30 bits per heavy atom. The molecule has 0 saturated carbocycles. The van der Waals surface area contributed by atoms with Gasteiger partial charge in [-0.25, -0.2) is 8.42 Å². The highest BCUT2D eigenvalue weighted by molar-refractivity contribution is 7.92. The SMILES string of the molecule is COc1ccccc1S(=O)(=O)Nc1noc2cc(Cn3cc(CN)cn3)c3c(c12)OCC3.Cl. The third-order valence-electron chi connectivity index (χ3n) is 5.36. The van der Waals surface area contributed by atoms with Gasteiger partial charge in [0.25, 0.3) is 10.0 Å². The second kappa shape index (κ2) is 8.93. The average molecular weight is 492 g/mol. The van der Waals surface area contributed by atoms with Gasteiger partial charge in [-0.2, -0.15) is 5.10 Å². The molecule has 3 heterocycles. The number of hydrogen-bond acceptors (Lipinski definition) is 8. The van der Waals surface area contributed by atoms with Gasteiger partial charge in [0.05, 0.1) is 26.5 Å². The van der Waals surface area contributed by atoms with Gasteiger partial charge < -0.3 is 19.7 Å². The lowest BCUT2D eigenvalue weighted by Crippen LogP contribution is -2.14. The minimum absolute atomic E-state index is 0. The lowest BCUT2D eigenvalue weighted by atomic mass is 10.0. The zero-order valence-corrected chi connectivity index (χ0v) is 19.3. The summed E-state index contributed by atoms with van der Waals surface area (Å²) in [5.74, 6) is 0.871. The second-order valence-corrected chi connectivity index (χ2v) is 9.00. The van der Waals surface area contributed by atoms with Crippen LogP contribution < -0.4 is 19.9 Å². The van der Waals surface area contributed by atoms with Gasteiger partial charge in [-0.15, -0.1) is 12.4 Å². The fraction of sp³-hybridized carbons (Fsp3) is 0.238. The molecular weight excluding hydrogens is 470 g/mol. The van der Waals surface area contributed by atoms with Gasteiger partial charge in [-0.05, 0) is 23.8 Å². The summed E-state index contributed by atoms with van der Waals surface area (Å²) in [5, 5.41) is 8.81. The molecule has 2 aromatic carbocycles. The lowest BCUT2D eigenvalue weighted by molar-refractivity contribution is 0.360. The fourth-order valence-electron chi connectivity index (χ4n) is 3.86. The van der Waals surface area contributed by atoms with E-state index in [-0.39, 0.29) is 28.9 Å². The van der Waals surface area contributed by atoms with Gasteiger partial charge in [0.1, 0.15) is 21.8 Å². The summed E-state index contributed by atoms with van der Waals surface area (Å²) in [6, 6.07) is 8.20. The van der Waals surface area contributed by atoms with E-state index in [1.807, 2.05) is 12.3 Å². The number of aromatic nitrogens is 3. The molecule has 33 heavy (non-hydrogen) atoms. The van der Waals surface area contributed by atoms with Crippen molar-refractivity contribution in [2.24, 2.45) is 5.73 Å². The summed E-state index contributed by atoms with van der Waals surface area (Å²) in [6.45, 7) is 1.40. The Balaban J connectivity index is 0.00000259. The Morgan fingerprint density at radius 3 is 2.88 bits per heavy atom. The van der Waals surface area contributed by atoms with Crippen LogP contribution in [0.25, 0.3) is 11.0 Å². The number of anilines is 1. The van der Waals surface area contributed by atoms with Crippen molar-refractivity contribution < 1.29 is 22.4 Å². The maximum atomic E-state index is 13.0. The molecule has 0 aliphatic carbocycles. The van der Waals surface area contributed by atoms with Crippen molar-refractivity contribution >= 4 is 39.2 Å². The number of hydrogen-bond donors (Lipinski definition) is 2. The van der Waals surface area contributed by atoms with Crippen molar-refractivity contribution in [3.8, 4) is 11.5 Å². The van der Waals surface area contributed by atoms with Crippen molar-refractivity contribution in [2.75, 3.05) is 18.4 Å². The highest BCUT2D eigenvalue weighted by atomic mass is 35.5. The Bertz CT molecular complexity index is 1420. The fourth-order valence-corrected chi connectivity index (χ4v) is 5.04. The molecule has 1 aliphatic rings. The molecule has 1 aliphatic heterocycles. The van der Waals surface area contributed by atoms with Gasteiger partial charge >= 0.3 is 0 Å². The Kier molecular flexibility index (Phi) is 6.19. The Hall–Kier alpha value is -3.28. The predicted octanol–water partition coefficient (Wildman–Crippen LogP) is 2.70. The molecule has 12 heteroatoms. The number of nitrogens with zero attached hydrogens (tertiary/aromatic N) is 3. The molecule has 0 spiro atoms. The number of rotatable bonds is 7. The minimum atomic E-state index is -3.97. The van der Waals surface area contributed by atoms with Crippen LogP contribution in [0.5, 0.6) is 11.5 Å². The first-order valence-corrected chi connectivity index (χ1v) is 11.4. The first-order valence-electron chi connectivity index (χ1n) is 9.94. The maximum absolute atomic E-state index is 13.0. The third kappa shape index (κ3) is 4.10. The van der Waals surface area contributed by atoms with E-state index in [2.05, 4.69) is 15.0 Å². The van der Waals surface area contributed by atoms with E-state index in [1.165, 1.54) is 13.2 Å². The molecule has 174 valence electrons. The first-order chi connectivity index (χ1) is 15.5. The Morgan fingerprint density at radius 2 is 2.12 bits per heavy atom. The summed E-state index contributed by atoms with van der Waals surface area (Å²) in [7, 11) is -2.56.